The molecule has 1 amide bonds. The van der Waals surface area contributed by atoms with E-state index in [0.717, 1.165) is 25.9 Å². The number of carboxylic acids is 1. The fourth-order valence-electron chi connectivity index (χ4n) is 2.36. The molecule has 2 rings (SSSR count). The van der Waals surface area contributed by atoms with Gasteiger partial charge in [-0.25, -0.2) is 4.79 Å². The molecule has 1 unspecified atom stereocenters. The van der Waals surface area contributed by atoms with E-state index in [4.69, 9.17) is 5.11 Å². The number of likely N-dealkylation sites (tertiary alicyclic amines) is 1. The van der Waals surface area contributed by atoms with Crippen molar-refractivity contribution in [3.63, 3.8) is 0 Å². The lowest BCUT2D eigenvalue weighted by Gasteiger charge is -2.22. The van der Waals surface area contributed by atoms with Gasteiger partial charge in [0.2, 0.25) is 5.91 Å². The van der Waals surface area contributed by atoms with Gasteiger partial charge in [0.15, 0.2) is 0 Å². The van der Waals surface area contributed by atoms with Crippen LogP contribution in [0, 0.1) is 6.92 Å². The Hall–Kier alpha value is -2.11. The minimum Gasteiger partial charge on any atom is -0.478 e. The van der Waals surface area contributed by atoms with Crippen LogP contribution in [0.5, 0.6) is 0 Å². The van der Waals surface area contributed by atoms with Crippen molar-refractivity contribution in [2.75, 3.05) is 18.4 Å². The maximum atomic E-state index is 12.2. The molecule has 1 fully saturated rings. The number of carboxylic acid groups (broad SMARTS) is 1. The summed E-state index contributed by atoms with van der Waals surface area (Å²) in [5, 5.41) is 12.1. The van der Waals surface area contributed by atoms with Gasteiger partial charge in [0.05, 0.1) is 5.69 Å². The molecular formula is C14H19N3O3. The molecule has 2 N–H and O–H groups in total. The molecule has 0 saturated carbocycles. The molecule has 108 valence electrons. The minimum atomic E-state index is -1.05. The summed E-state index contributed by atoms with van der Waals surface area (Å²) in [5.74, 6) is -1.05. The van der Waals surface area contributed by atoms with Gasteiger partial charge in [0.1, 0.15) is 11.6 Å². The highest BCUT2D eigenvalue weighted by Crippen LogP contribution is 2.18. The largest absolute Gasteiger partial charge is 0.478 e. The molecule has 0 spiro atoms. The van der Waals surface area contributed by atoms with Crippen LogP contribution in [0.3, 0.4) is 0 Å². The van der Waals surface area contributed by atoms with Gasteiger partial charge in [-0.05, 0) is 32.8 Å². The van der Waals surface area contributed by atoms with Gasteiger partial charge in [0.25, 0.3) is 0 Å². The van der Waals surface area contributed by atoms with E-state index in [1.54, 1.807) is 19.9 Å². The minimum absolute atomic E-state index is 0.00769. The topological polar surface area (TPSA) is 82.5 Å². The molecule has 6 heteroatoms. The average molecular weight is 277 g/mol. The van der Waals surface area contributed by atoms with Crippen molar-refractivity contribution in [2.45, 2.75) is 32.7 Å². The van der Waals surface area contributed by atoms with Gasteiger partial charge in [-0.1, -0.05) is 0 Å². The third-order valence-corrected chi connectivity index (χ3v) is 3.43. The van der Waals surface area contributed by atoms with Crippen LogP contribution in [0.25, 0.3) is 0 Å². The SMILES string of the molecule is Cc1cc(NC(C)C(=O)N2CCCC2)c(C(=O)O)cn1. The van der Waals surface area contributed by atoms with E-state index in [9.17, 15) is 9.59 Å². The maximum Gasteiger partial charge on any atom is 0.339 e. The Balaban J connectivity index is 2.14. The van der Waals surface area contributed by atoms with Crippen molar-refractivity contribution >= 4 is 17.6 Å². The number of carbonyl (C=O) groups is 2. The van der Waals surface area contributed by atoms with Crippen LogP contribution in [0.1, 0.15) is 35.8 Å². The number of amides is 1. The molecule has 20 heavy (non-hydrogen) atoms. The number of aryl methyl sites for hydroxylation is 1. The van der Waals surface area contributed by atoms with Gasteiger partial charge >= 0.3 is 5.97 Å². The number of hydrogen-bond donors (Lipinski definition) is 2. The lowest BCUT2D eigenvalue weighted by atomic mass is 10.2. The van der Waals surface area contributed by atoms with Gasteiger partial charge in [-0.3, -0.25) is 9.78 Å². The number of carbonyl (C=O) groups excluding carboxylic acids is 1. The fraction of sp³-hybridized carbons (Fsp3) is 0.500. The van der Waals surface area contributed by atoms with Crippen molar-refractivity contribution in [1.29, 1.82) is 0 Å². The smallest absolute Gasteiger partial charge is 0.339 e. The highest BCUT2D eigenvalue weighted by Gasteiger charge is 2.24. The Kier molecular flexibility index (Phi) is 4.22. The maximum absolute atomic E-state index is 12.2. The second-order valence-electron chi connectivity index (χ2n) is 5.07. The summed E-state index contributed by atoms with van der Waals surface area (Å²) in [5.41, 5.74) is 1.22. The number of aromatic carboxylic acids is 1. The Morgan fingerprint density at radius 2 is 2.05 bits per heavy atom. The highest BCUT2D eigenvalue weighted by molar-refractivity contribution is 5.95. The van der Waals surface area contributed by atoms with E-state index in [0.29, 0.717) is 11.4 Å². The molecule has 1 aliphatic heterocycles. The van der Waals surface area contributed by atoms with E-state index in [1.807, 2.05) is 4.90 Å². The van der Waals surface area contributed by atoms with Crippen LogP contribution in [0.15, 0.2) is 12.3 Å². The van der Waals surface area contributed by atoms with Crippen molar-refractivity contribution in [1.82, 2.24) is 9.88 Å². The molecule has 1 atom stereocenters. The Morgan fingerprint density at radius 3 is 2.65 bits per heavy atom. The standard InChI is InChI=1S/C14H19N3O3/c1-9-7-12(11(8-15-9)14(19)20)16-10(2)13(18)17-5-3-4-6-17/h7-8,10H,3-6H2,1-2H3,(H,15,16)(H,19,20). The van der Waals surface area contributed by atoms with Crippen molar-refractivity contribution in [3.05, 3.63) is 23.5 Å². The van der Waals surface area contributed by atoms with Crippen LogP contribution in [-0.2, 0) is 4.79 Å². The zero-order chi connectivity index (χ0) is 14.7. The second kappa shape index (κ2) is 5.90. The molecule has 0 aromatic carbocycles. The van der Waals surface area contributed by atoms with Gasteiger partial charge in [-0.15, -0.1) is 0 Å². The van der Waals surface area contributed by atoms with E-state index >= 15 is 0 Å². The molecule has 0 bridgehead atoms. The summed E-state index contributed by atoms with van der Waals surface area (Å²) in [6.45, 7) is 5.10. The number of pyridine rings is 1. The first-order valence-electron chi connectivity index (χ1n) is 6.74. The van der Waals surface area contributed by atoms with Crippen molar-refractivity contribution in [2.24, 2.45) is 0 Å². The first kappa shape index (κ1) is 14.3. The van der Waals surface area contributed by atoms with Crippen LogP contribution < -0.4 is 5.32 Å². The summed E-state index contributed by atoms with van der Waals surface area (Å²) in [6.07, 6.45) is 3.38. The number of hydrogen-bond acceptors (Lipinski definition) is 4. The number of nitrogens with zero attached hydrogens (tertiary/aromatic N) is 2. The molecule has 2 heterocycles. The second-order valence-corrected chi connectivity index (χ2v) is 5.07. The third-order valence-electron chi connectivity index (χ3n) is 3.43. The summed E-state index contributed by atoms with van der Waals surface area (Å²) < 4.78 is 0. The molecule has 1 aliphatic rings. The van der Waals surface area contributed by atoms with E-state index in [1.165, 1.54) is 6.20 Å². The predicted octanol–water partition coefficient (Wildman–Crippen LogP) is 1.51. The van der Waals surface area contributed by atoms with Crippen LogP contribution in [0.2, 0.25) is 0 Å². The molecule has 1 aromatic heterocycles. The molecule has 1 aromatic rings. The van der Waals surface area contributed by atoms with Crippen molar-refractivity contribution in [3.8, 4) is 0 Å². The van der Waals surface area contributed by atoms with E-state index in [2.05, 4.69) is 10.3 Å². The lowest BCUT2D eigenvalue weighted by Crippen LogP contribution is -2.39. The van der Waals surface area contributed by atoms with Crippen molar-refractivity contribution < 1.29 is 14.7 Å². The van der Waals surface area contributed by atoms with Crippen LogP contribution >= 0.6 is 0 Å². The van der Waals surface area contributed by atoms with E-state index in [-0.39, 0.29) is 11.5 Å². The number of nitrogens with one attached hydrogen (secondary N) is 1. The first-order valence-corrected chi connectivity index (χ1v) is 6.74. The predicted molar refractivity (Wildman–Crippen MR) is 74.8 cm³/mol. The molecule has 1 saturated heterocycles. The van der Waals surface area contributed by atoms with Gasteiger partial charge in [-0.2, -0.15) is 0 Å². The summed E-state index contributed by atoms with van der Waals surface area (Å²) in [4.78, 5) is 29.2. The third kappa shape index (κ3) is 3.07. The fourth-order valence-corrected chi connectivity index (χ4v) is 2.36. The normalized spacial score (nSPS) is 16.0. The molecule has 6 nitrogen and oxygen atoms in total. The molecule has 0 radical (unpaired) electrons. The van der Waals surface area contributed by atoms with Crippen LogP contribution in [-0.4, -0.2) is 46.0 Å². The molecular weight excluding hydrogens is 258 g/mol. The highest BCUT2D eigenvalue weighted by atomic mass is 16.4. The monoisotopic (exact) mass is 277 g/mol. The Bertz CT molecular complexity index is 524. The average Bonchev–Trinajstić information content (AvgIpc) is 2.91. The molecule has 0 aliphatic carbocycles. The summed E-state index contributed by atoms with van der Waals surface area (Å²) >= 11 is 0. The summed E-state index contributed by atoms with van der Waals surface area (Å²) in [7, 11) is 0. The van der Waals surface area contributed by atoms with Gasteiger partial charge in [0, 0.05) is 25.0 Å². The quantitative estimate of drug-likeness (QED) is 0.871. The number of rotatable bonds is 4. The first-order chi connectivity index (χ1) is 9.49. The zero-order valence-electron chi connectivity index (χ0n) is 11.7. The Labute approximate surface area is 117 Å². The lowest BCUT2D eigenvalue weighted by molar-refractivity contribution is -0.130. The van der Waals surface area contributed by atoms with E-state index < -0.39 is 12.0 Å². The number of anilines is 1. The van der Waals surface area contributed by atoms with Crippen LogP contribution in [0.4, 0.5) is 5.69 Å². The summed E-state index contributed by atoms with van der Waals surface area (Å²) in [6, 6.07) is 1.20. The van der Waals surface area contributed by atoms with Gasteiger partial charge < -0.3 is 15.3 Å². The number of aromatic nitrogens is 1. The Morgan fingerprint density at radius 1 is 1.40 bits per heavy atom. The zero-order valence-corrected chi connectivity index (χ0v) is 11.7.